The fourth-order valence-corrected chi connectivity index (χ4v) is 3.64. The van der Waals surface area contributed by atoms with Crippen molar-refractivity contribution in [3.63, 3.8) is 0 Å². The van der Waals surface area contributed by atoms with Crippen LogP contribution >= 0.6 is 11.3 Å². The van der Waals surface area contributed by atoms with Gasteiger partial charge in [0.25, 0.3) is 0 Å². The second-order valence-electron chi connectivity index (χ2n) is 6.01. The fraction of sp³-hybridized carbons (Fsp3) is 0.100. The summed E-state index contributed by atoms with van der Waals surface area (Å²) in [6.45, 7) is -0.321. The van der Waals surface area contributed by atoms with Crippen molar-refractivity contribution in [1.82, 2.24) is 15.0 Å². The number of benzene rings is 2. The van der Waals surface area contributed by atoms with Crippen LogP contribution < -0.4 is 0 Å². The Bertz CT molecular complexity index is 1160. The molecule has 4 rings (SSSR count). The third-order valence-electron chi connectivity index (χ3n) is 4.01. The van der Waals surface area contributed by atoms with Crippen LogP contribution in [-0.2, 0) is 17.5 Å². The molecule has 0 aliphatic heterocycles. The highest BCUT2D eigenvalue weighted by atomic mass is 32.1. The number of thiazole rings is 1. The van der Waals surface area contributed by atoms with Gasteiger partial charge in [-0.05, 0) is 29.8 Å². The van der Waals surface area contributed by atoms with E-state index in [0.717, 1.165) is 22.3 Å². The van der Waals surface area contributed by atoms with E-state index in [0.29, 0.717) is 5.01 Å². The molecule has 0 bridgehead atoms. The summed E-state index contributed by atoms with van der Waals surface area (Å²) in [5.74, 6) is -0.787. The van der Waals surface area contributed by atoms with Crippen LogP contribution in [0.15, 0.2) is 60.9 Å². The summed E-state index contributed by atoms with van der Waals surface area (Å²) in [5.41, 5.74) is 0.405. The van der Waals surface area contributed by atoms with Crippen LogP contribution in [0.1, 0.15) is 21.6 Å². The maximum absolute atomic E-state index is 12.8. The number of aromatic nitrogens is 3. The number of fused-ring (bicyclic) bond motifs is 1. The molecule has 5 nitrogen and oxygen atoms in total. The van der Waals surface area contributed by atoms with Crippen molar-refractivity contribution >= 4 is 27.5 Å². The summed E-state index contributed by atoms with van der Waals surface area (Å²) in [6.07, 6.45) is -1.69. The topological polar surface area (TPSA) is 65.0 Å². The minimum atomic E-state index is -4.47. The summed E-state index contributed by atoms with van der Waals surface area (Å²) in [6, 6.07) is 12.1. The maximum Gasteiger partial charge on any atom is 0.416 e. The van der Waals surface area contributed by atoms with Gasteiger partial charge >= 0.3 is 12.1 Å². The van der Waals surface area contributed by atoms with E-state index in [2.05, 4.69) is 15.0 Å². The fourth-order valence-electron chi connectivity index (χ4n) is 2.67. The van der Waals surface area contributed by atoms with Crippen molar-refractivity contribution in [2.45, 2.75) is 12.8 Å². The number of rotatable bonds is 4. The molecule has 29 heavy (non-hydrogen) atoms. The van der Waals surface area contributed by atoms with Crippen molar-refractivity contribution in [2.75, 3.05) is 0 Å². The number of halogens is 3. The van der Waals surface area contributed by atoms with Crippen molar-refractivity contribution in [2.24, 2.45) is 0 Å². The predicted octanol–water partition coefficient (Wildman–Crippen LogP) is 5.13. The van der Waals surface area contributed by atoms with E-state index in [1.165, 1.54) is 35.9 Å². The van der Waals surface area contributed by atoms with Crippen LogP contribution in [0.2, 0.25) is 0 Å². The largest absolute Gasteiger partial charge is 0.456 e. The number of ether oxygens (including phenoxy) is 1. The molecule has 0 aliphatic carbocycles. The molecular weight excluding hydrogens is 403 g/mol. The van der Waals surface area contributed by atoms with Gasteiger partial charge in [-0.3, -0.25) is 0 Å². The van der Waals surface area contributed by atoms with Crippen LogP contribution in [-0.4, -0.2) is 20.9 Å². The molecule has 0 radical (unpaired) electrons. The van der Waals surface area contributed by atoms with E-state index in [1.54, 1.807) is 0 Å². The number of esters is 1. The molecule has 0 amide bonds. The first kappa shape index (κ1) is 19.0. The lowest BCUT2D eigenvalue weighted by Gasteiger charge is -2.09. The number of carbonyl (C=O) groups is 1. The van der Waals surface area contributed by atoms with Crippen molar-refractivity contribution in [1.29, 1.82) is 0 Å². The zero-order chi connectivity index (χ0) is 20.4. The zero-order valence-electron chi connectivity index (χ0n) is 14.7. The standard InChI is InChI=1S/C20H12F3N3O2S/c21-20(22,23)13-5-3-4-12(10-13)11-28-19(27)17-16(24-8-9-25-17)18-26-14-6-1-2-7-15(14)29-18/h1-10H,11H2. The Morgan fingerprint density at radius 1 is 1.03 bits per heavy atom. The first-order chi connectivity index (χ1) is 13.9. The number of nitrogens with zero attached hydrogens (tertiary/aromatic N) is 3. The van der Waals surface area contributed by atoms with E-state index in [4.69, 9.17) is 4.74 Å². The average Bonchev–Trinajstić information content (AvgIpc) is 3.16. The lowest BCUT2D eigenvalue weighted by atomic mass is 10.1. The van der Waals surface area contributed by atoms with E-state index in [-0.39, 0.29) is 23.6 Å². The van der Waals surface area contributed by atoms with Crippen LogP contribution in [0.3, 0.4) is 0 Å². The molecule has 2 aromatic heterocycles. The minimum Gasteiger partial charge on any atom is -0.456 e. The van der Waals surface area contributed by atoms with Gasteiger partial charge in [0, 0.05) is 12.4 Å². The molecule has 0 aliphatic rings. The quantitative estimate of drug-likeness (QED) is 0.433. The molecule has 2 heterocycles. The smallest absolute Gasteiger partial charge is 0.416 e. The average molecular weight is 415 g/mol. The Morgan fingerprint density at radius 2 is 1.83 bits per heavy atom. The van der Waals surface area contributed by atoms with Gasteiger partial charge in [-0.1, -0.05) is 24.3 Å². The van der Waals surface area contributed by atoms with E-state index >= 15 is 0 Å². The van der Waals surface area contributed by atoms with Gasteiger partial charge in [0.1, 0.15) is 17.3 Å². The second kappa shape index (κ2) is 7.59. The molecule has 2 aromatic carbocycles. The van der Waals surface area contributed by atoms with Crippen LogP contribution in [0.5, 0.6) is 0 Å². The summed E-state index contributed by atoms with van der Waals surface area (Å²) in [4.78, 5) is 25.3. The summed E-state index contributed by atoms with van der Waals surface area (Å²) < 4.78 is 44.6. The first-order valence-electron chi connectivity index (χ1n) is 8.42. The molecule has 0 saturated heterocycles. The number of hydrogen-bond donors (Lipinski definition) is 0. The number of para-hydroxylation sites is 1. The van der Waals surface area contributed by atoms with Crippen LogP contribution in [0, 0.1) is 0 Å². The summed E-state index contributed by atoms with van der Waals surface area (Å²) in [7, 11) is 0. The molecule has 0 atom stereocenters. The molecule has 146 valence electrons. The Morgan fingerprint density at radius 3 is 2.62 bits per heavy atom. The van der Waals surface area contributed by atoms with Crippen LogP contribution in [0.4, 0.5) is 13.2 Å². The van der Waals surface area contributed by atoms with Gasteiger partial charge in [-0.25, -0.2) is 19.7 Å². The molecule has 0 fully saturated rings. The lowest BCUT2D eigenvalue weighted by Crippen LogP contribution is -2.11. The molecular formula is C20H12F3N3O2S. The van der Waals surface area contributed by atoms with Crippen LogP contribution in [0.25, 0.3) is 20.9 Å². The molecule has 0 saturated carbocycles. The van der Waals surface area contributed by atoms with Gasteiger partial charge in [0.15, 0.2) is 5.69 Å². The van der Waals surface area contributed by atoms with E-state index < -0.39 is 17.7 Å². The molecule has 0 spiro atoms. The van der Waals surface area contributed by atoms with Gasteiger partial charge in [-0.15, -0.1) is 11.3 Å². The van der Waals surface area contributed by atoms with Gasteiger partial charge in [-0.2, -0.15) is 13.2 Å². The Hall–Kier alpha value is -3.33. The molecule has 9 heteroatoms. The first-order valence-corrected chi connectivity index (χ1v) is 9.24. The van der Waals surface area contributed by atoms with Gasteiger partial charge < -0.3 is 4.74 Å². The lowest BCUT2D eigenvalue weighted by molar-refractivity contribution is -0.137. The summed E-state index contributed by atoms with van der Waals surface area (Å²) >= 11 is 1.35. The maximum atomic E-state index is 12.8. The Labute approximate surface area is 166 Å². The third-order valence-corrected chi connectivity index (χ3v) is 5.06. The summed E-state index contributed by atoms with van der Waals surface area (Å²) in [5, 5.41) is 0.505. The Kier molecular flexibility index (Phi) is 4.98. The van der Waals surface area contributed by atoms with E-state index in [9.17, 15) is 18.0 Å². The van der Waals surface area contributed by atoms with E-state index in [1.807, 2.05) is 24.3 Å². The highest BCUT2D eigenvalue weighted by molar-refractivity contribution is 7.21. The number of carbonyl (C=O) groups excluding carboxylic acids is 1. The Balaban J connectivity index is 1.57. The highest BCUT2D eigenvalue weighted by Crippen LogP contribution is 2.31. The molecule has 0 N–H and O–H groups in total. The predicted molar refractivity (Wildman–Crippen MR) is 101 cm³/mol. The molecule has 4 aromatic rings. The highest BCUT2D eigenvalue weighted by Gasteiger charge is 2.30. The second-order valence-corrected chi connectivity index (χ2v) is 7.05. The van der Waals surface area contributed by atoms with Crippen molar-refractivity contribution in [3.8, 4) is 10.7 Å². The minimum absolute atomic E-state index is 0.0430. The zero-order valence-corrected chi connectivity index (χ0v) is 15.5. The van der Waals surface area contributed by atoms with Gasteiger partial charge in [0.2, 0.25) is 0 Å². The van der Waals surface area contributed by atoms with Gasteiger partial charge in [0.05, 0.1) is 15.8 Å². The van der Waals surface area contributed by atoms with Crippen molar-refractivity contribution in [3.05, 3.63) is 77.7 Å². The number of hydrogen-bond acceptors (Lipinski definition) is 6. The van der Waals surface area contributed by atoms with Crippen molar-refractivity contribution < 1.29 is 22.7 Å². The normalized spacial score (nSPS) is 11.6. The monoisotopic (exact) mass is 415 g/mol. The molecule has 0 unspecified atom stereocenters. The third kappa shape index (κ3) is 4.09. The SMILES string of the molecule is O=C(OCc1cccc(C(F)(F)F)c1)c1nccnc1-c1nc2ccccc2s1. The number of alkyl halides is 3.